The van der Waals surface area contributed by atoms with Crippen molar-refractivity contribution in [3.05, 3.63) is 0 Å². The van der Waals surface area contributed by atoms with E-state index in [1.165, 1.54) is 25.7 Å². The summed E-state index contributed by atoms with van der Waals surface area (Å²) in [6.45, 7) is 7.43. The van der Waals surface area contributed by atoms with Crippen LogP contribution in [0.3, 0.4) is 0 Å². The maximum absolute atomic E-state index is 12.2. The summed E-state index contributed by atoms with van der Waals surface area (Å²) in [6, 6.07) is 0.103. The van der Waals surface area contributed by atoms with E-state index in [9.17, 15) is 4.79 Å². The third-order valence-electron chi connectivity index (χ3n) is 4.46. The standard InChI is InChI=1S/C15H28N2O/c1-3-8-16-14-7-9-17(15(14)18)11-13-6-4-5-12(2)10-13/h12-14,16H,3-11H2,1-2H3. The molecule has 1 aliphatic carbocycles. The third-order valence-corrected chi connectivity index (χ3v) is 4.46. The van der Waals surface area contributed by atoms with Crippen molar-refractivity contribution in [2.24, 2.45) is 11.8 Å². The van der Waals surface area contributed by atoms with Crippen LogP contribution in [0.2, 0.25) is 0 Å². The van der Waals surface area contributed by atoms with Crippen LogP contribution in [0.5, 0.6) is 0 Å². The van der Waals surface area contributed by atoms with E-state index < -0.39 is 0 Å². The van der Waals surface area contributed by atoms with Gasteiger partial charge in [0.05, 0.1) is 6.04 Å². The molecule has 1 amide bonds. The van der Waals surface area contributed by atoms with Crippen molar-refractivity contribution >= 4 is 5.91 Å². The van der Waals surface area contributed by atoms with E-state index in [4.69, 9.17) is 0 Å². The second kappa shape index (κ2) is 6.55. The minimum absolute atomic E-state index is 0.103. The van der Waals surface area contributed by atoms with Gasteiger partial charge < -0.3 is 10.2 Å². The highest BCUT2D eigenvalue weighted by Gasteiger charge is 2.32. The zero-order valence-electron chi connectivity index (χ0n) is 12.0. The number of amides is 1. The first-order valence-electron chi connectivity index (χ1n) is 7.73. The first-order chi connectivity index (χ1) is 8.70. The molecule has 18 heavy (non-hydrogen) atoms. The summed E-state index contributed by atoms with van der Waals surface area (Å²) >= 11 is 0. The summed E-state index contributed by atoms with van der Waals surface area (Å²) in [6.07, 6.45) is 7.47. The van der Waals surface area contributed by atoms with Gasteiger partial charge in [-0.1, -0.05) is 26.7 Å². The smallest absolute Gasteiger partial charge is 0.239 e. The van der Waals surface area contributed by atoms with Crippen LogP contribution in [0.15, 0.2) is 0 Å². The lowest BCUT2D eigenvalue weighted by Gasteiger charge is -2.30. The molecule has 2 fully saturated rings. The average Bonchev–Trinajstić information content (AvgIpc) is 2.69. The van der Waals surface area contributed by atoms with Crippen molar-refractivity contribution in [3.63, 3.8) is 0 Å². The molecule has 3 nitrogen and oxygen atoms in total. The molecule has 0 spiro atoms. The molecule has 2 aliphatic rings. The van der Waals surface area contributed by atoms with Crippen LogP contribution in [0.4, 0.5) is 0 Å². The zero-order chi connectivity index (χ0) is 13.0. The van der Waals surface area contributed by atoms with Crippen LogP contribution in [0, 0.1) is 11.8 Å². The van der Waals surface area contributed by atoms with E-state index >= 15 is 0 Å². The number of carbonyl (C=O) groups is 1. The van der Waals surface area contributed by atoms with Crippen LogP contribution in [-0.4, -0.2) is 36.5 Å². The maximum Gasteiger partial charge on any atom is 0.239 e. The highest BCUT2D eigenvalue weighted by molar-refractivity contribution is 5.83. The topological polar surface area (TPSA) is 32.3 Å². The second-order valence-corrected chi connectivity index (χ2v) is 6.22. The molecule has 0 bridgehead atoms. The molecule has 3 atom stereocenters. The van der Waals surface area contributed by atoms with Gasteiger partial charge in [0.1, 0.15) is 0 Å². The number of nitrogens with one attached hydrogen (secondary N) is 1. The van der Waals surface area contributed by atoms with Crippen molar-refractivity contribution in [1.82, 2.24) is 10.2 Å². The summed E-state index contributed by atoms with van der Waals surface area (Å²) in [4.78, 5) is 14.3. The van der Waals surface area contributed by atoms with Crippen molar-refractivity contribution in [1.29, 1.82) is 0 Å². The summed E-state index contributed by atoms with van der Waals surface area (Å²) in [5, 5.41) is 3.37. The molecule has 104 valence electrons. The fourth-order valence-electron chi connectivity index (χ4n) is 3.47. The van der Waals surface area contributed by atoms with E-state index in [0.29, 0.717) is 5.91 Å². The Labute approximate surface area is 111 Å². The highest BCUT2D eigenvalue weighted by atomic mass is 16.2. The van der Waals surface area contributed by atoms with Crippen LogP contribution in [-0.2, 0) is 4.79 Å². The minimum atomic E-state index is 0.103. The molecule has 1 saturated carbocycles. The van der Waals surface area contributed by atoms with Gasteiger partial charge in [-0.25, -0.2) is 0 Å². The predicted molar refractivity (Wildman–Crippen MR) is 74.4 cm³/mol. The number of rotatable bonds is 5. The SMILES string of the molecule is CCCNC1CCN(CC2CCCC(C)C2)C1=O. The molecule has 3 heteroatoms. The molecule has 2 rings (SSSR count). The van der Waals surface area contributed by atoms with Gasteiger partial charge in [-0.3, -0.25) is 4.79 Å². The van der Waals surface area contributed by atoms with Gasteiger partial charge in [0.15, 0.2) is 0 Å². The van der Waals surface area contributed by atoms with Crippen molar-refractivity contribution in [3.8, 4) is 0 Å². The molecule has 1 aliphatic heterocycles. The lowest BCUT2D eigenvalue weighted by molar-refractivity contribution is -0.130. The van der Waals surface area contributed by atoms with Crippen LogP contribution < -0.4 is 5.32 Å². The number of hydrogen-bond acceptors (Lipinski definition) is 2. The first-order valence-corrected chi connectivity index (χ1v) is 7.73. The van der Waals surface area contributed by atoms with Gasteiger partial charge in [0.25, 0.3) is 0 Å². The summed E-state index contributed by atoms with van der Waals surface area (Å²) < 4.78 is 0. The minimum Gasteiger partial charge on any atom is -0.341 e. The molecule has 0 aromatic rings. The Kier molecular flexibility index (Phi) is 5.04. The van der Waals surface area contributed by atoms with Crippen molar-refractivity contribution < 1.29 is 4.79 Å². The molecule has 1 saturated heterocycles. The van der Waals surface area contributed by atoms with E-state index in [0.717, 1.165) is 44.3 Å². The second-order valence-electron chi connectivity index (χ2n) is 6.22. The fraction of sp³-hybridized carbons (Fsp3) is 0.933. The molecule has 0 radical (unpaired) electrons. The Bertz CT molecular complexity index is 280. The lowest BCUT2D eigenvalue weighted by Crippen LogP contribution is -2.40. The van der Waals surface area contributed by atoms with Crippen molar-refractivity contribution in [2.75, 3.05) is 19.6 Å². The van der Waals surface area contributed by atoms with Crippen molar-refractivity contribution in [2.45, 2.75) is 58.4 Å². The number of nitrogens with zero attached hydrogens (tertiary/aromatic N) is 1. The molecule has 1 N–H and O–H groups in total. The van der Waals surface area contributed by atoms with Gasteiger partial charge >= 0.3 is 0 Å². The third kappa shape index (κ3) is 3.47. The number of hydrogen-bond donors (Lipinski definition) is 1. The molecule has 1 heterocycles. The van der Waals surface area contributed by atoms with Gasteiger partial charge in [-0.15, -0.1) is 0 Å². The molecule has 3 unspecified atom stereocenters. The van der Waals surface area contributed by atoms with E-state index in [2.05, 4.69) is 24.1 Å². The summed E-state index contributed by atoms with van der Waals surface area (Å²) in [5.41, 5.74) is 0. The molecular weight excluding hydrogens is 224 g/mol. The normalized spacial score (nSPS) is 33.1. The Hall–Kier alpha value is -0.570. The quantitative estimate of drug-likeness (QED) is 0.815. The molecular formula is C15H28N2O. The van der Waals surface area contributed by atoms with Crippen LogP contribution >= 0.6 is 0 Å². The Morgan fingerprint density at radius 2 is 2.17 bits per heavy atom. The van der Waals surface area contributed by atoms with Gasteiger partial charge in [0.2, 0.25) is 5.91 Å². The van der Waals surface area contributed by atoms with Crippen LogP contribution in [0.1, 0.15) is 52.4 Å². The molecule has 0 aromatic carbocycles. The predicted octanol–water partition coefficient (Wildman–Crippen LogP) is 2.41. The Morgan fingerprint density at radius 1 is 1.33 bits per heavy atom. The first kappa shape index (κ1) is 13.9. The lowest BCUT2D eigenvalue weighted by atomic mass is 9.82. The number of carbonyl (C=O) groups excluding carboxylic acids is 1. The summed E-state index contributed by atoms with van der Waals surface area (Å²) in [5.74, 6) is 1.96. The average molecular weight is 252 g/mol. The maximum atomic E-state index is 12.2. The monoisotopic (exact) mass is 252 g/mol. The van der Waals surface area contributed by atoms with Gasteiger partial charge in [-0.05, 0) is 44.1 Å². The van der Waals surface area contributed by atoms with E-state index in [1.54, 1.807) is 0 Å². The van der Waals surface area contributed by atoms with E-state index in [-0.39, 0.29) is 6.04 Å². The fourth-order valence-corrected chi connectivity index (χ4v) is 3.47. The highest BCUT2D eigenvalue weighted by Crippen LogP contribution is 2.30. The number of likely N-dealkylation sites (tertiary alicyclic amines) is 1. The largest absolute Gasteiger partial charge is 0.341 e. The van der Waals surface area contributed by atoms with E-state index in [1.807, 2.05) is 0 Å². The van der Waals surface area contributed by atoms with Gasteiger partial charge in [-0.2, -0.15) is 0 Å². The Morgan fingerprint density at radius 3 is 2.89 bits per heavy atom. The molecule has 0 aromatic heterocycles. The zero-order valence-corrected chi connectivity index (χ0v) is 12.0. The van der Waals surface area contributed by atoms with Gasteiger partial charge in [0, 0.05) is 13.1 Å². The van der Waals surface area contributed by atoms with Crippen LogP contribution in [0.25, 0.3) is 0 Å². The summed E-state index contributed by atoms with van der Waals surface area (Å²) in [7, 11) is 0. The Balaban J connectivity index is 1.78.